The molecule has 1 amide bonds. The summed E-state index contributed by atoms with van der Waals surface area (Å²) in [5.41, 5.74) is 4.51. The smallest absolute Gasteiger partial charge is 0.216 e. The summed E-state index contributed by atoms with van der Waals surface area (Å²) in [5.74, 6) is 1.48. The largest absolute Gasteiger partial charge is 0.493 e. The van der Waals surface area contributed by atoms with Gasteiger partial charge in [0.1, 0.15) is 0 Å². The summed E-state index contributed by atoms with van der Waals surface area (Å²) in [5, 5.41) is 5.99. The Labute approximate surface area is 175 Å². The highest BCUT2D eigenvalue weighted by atomic mass is 32.1. The van der Waals surface area contributed by atoms with Gasteiger partial charge in [-0.3, -0.25) is 4.79 Å². The molecule has 6 heteroatoms. The number of hydrogen-bond donors (Lipinski definition) is 1. The van der Waals surface area contributed by atoms with Crippen molar-refractivity contribution in [2.45, 2.75) is 26.2 Å². The average Bonchev–Trinajstić information content (AvgIpc) is 3.20. The Hall–Kier alpha value is -2.86. The standard InChI is InChI=1S/C23H26N2O3S/c1-16(26)24-12-4-5-17-6-9-19(10-7-17)20-15-29-23(25-20)14-18-8-11-21(27-2)22(13-18)28-3/h6-11,13,15H,4-5,12,14H2,1-3H3,(H,24,26). The molecule has 2 aromatic carbocycles. The number of carbonyl (C=O) groups excluding carboxylic acids is 1. The third kappa shape index (κ3) is 5.81. The van der Waals surface area contributed by atoms with Crippen LogP contribution in [0.5, 0.6) is 11.5 Å². The molecule has 5 nitrogen and oxygen atoms in total. The molecule has 152 valence electrons. The van der Waals surface area contributed by atoms with Crippen molar-refractivity contribution in [1.82, 2.24) is 10.3 Å². The number of aryl methyl sites for hydroxylation is 1. The number of thiazole rings is 1. The van der Waals surface area contributed by atoms with Gasteiger partial charge in [0, 0.05) is 30.8 Å². The fraction of sp³-hybridized carbons (Fsp3) is 0.304. The van der Waals surface area contributed by atoms with E-state index in [1.165, 1.54) is 5.56 Å². The van der Waals surface area contributed by atoms with Gasteiger partial charge < -0.3 is 14.8 Å². The molecule has 0 saturated carbocycles. The van der Waals surface area contributed by atoms with E-state index < -0.39 is 0 Å². The molecular formula is C23H26N2O3S. The number of methoxy groups -OCH3 is 2. The van der Waals surface area contributed by atoms with Crippen LogP contribution in [0.4, 0.5) is 0 Å². The number of nitrogens with zero attached hydrogens (tertiary/aromatic N) is 1. The lowest BCUT2D eigenvalue weighted by molar-refractivity contribution is -0.118. The van der Waals surface area contributed by atoms with Crippen LogP contribution in [0.1, 0.15) is 29.5 Å². The van der Waals surface area contributed by atoms with Crippen LogP contribution in [-0.2, 0) is 17.6 Å². The molecule has 29 heavy (non-hydrogen) atoms. The zero-order valence-corrected chi connectivity index (χ0v) is 17.8. The number of amides is 1. The Balaban J connectivity index is 1.61. The van der Waals surface area contributed by atoms with Crippen molar-refractivity contribution in [3.63, 3.8) is 0 Å². The summed E-state index contributed by atoms with van der Waals surface area (Å²) in [6, 6.07) is 14.5. The maximum absolute atomic E-state index is 10.9. The molecule has 0 aliphatic heterocycles. The van der Waals surface area contributed by atoms with Crippen molar-refractivity contribution in [3.05, 3.63) is 64.0 Å². The second kappa shape index (κ2) is 10.1. The summed E-state index contributed by atoms with van der Waals surface area (Å²) in [6.45, 7) is 2.25. The number of benzene rings is 2. The molecule has 3 rings (SSSR count). The molecule has 0 unspecified atom stereocenters. The van der Waals surface area contributed by atoms with Gasteiger partial charge in [-0.05, 0) is 36.1 Å². The van der Waals surface area contributed by atoms with Crippen LogP contribution in [0, 0.1) is 0 Å². The summed E-state index contributed by atoms with van der Waals surface area (Å²) in [4.78, 5) is 15.7. The molecule has 3 aromatic rings. The first-order valence-electron chi connectivity index (χ1n) is 9.58. The van der Waals surface area contributed by atoms with Crippen LogP contribution in [-0.4, -0.2) is 31.7 Å². The SMILES string of the molecule is COc1ccc(Cc2nc(-c3ccc(CCCNC(C)=O)cc3)cs2)cc1OC. The molecule has 1 N–H and O–H groups in total. The lowest BCUT2D eigenvalue weighted by Gasteiger charge is -2.08. The van der Waals surface area contributed by atoms with Gasteiger partial charge in [0.2, 0.25) is 5.91 Å². The summed E-state index contributed by atoms with van der Waals surface area (Å²) < 4.78 is 10.7. The van der Waals surface area contributed by atoms with Crippen LogP contribution < -0.4 is 14.8 Å². The lowest BCUT2D eigenvalue weighted by Crippen LogP contribution is -2.21. The molecule has 1 aromatic heterocycles. The minimum absolute atomic E-state index is 0.0211. The minimum Gasteiger partial charge on any atom is -0.493 e. The maximum Gasteiger partial charge on any atom is 0.216 e. The third-order valence-electron chi connectivity index (χ3n) is 4.62. The Kier molecular flexibility index (Phi) is 7.25. The van der Waals surface area contributed by atoms with E-state index in [0.717, 1.165) is 52.6 Å². The highest BCUT2D eigenvalue weighted by Crippen LogP contribution is 2.30. The van der Waals surface area contributed by atoms with Gasteiger partial charge in [0.15, 0.2) is 11.5 Å². The lowest BCUT2D eigenvalue weighted by atomic mass is 10.1. The first-order chi connectivity index (χ1) is 14.1. The van der Waals surface area contributed by atoms with Gasteiger partial charge in [-0.15, -0.1) is 11.3 Å². The second-order valence-electron chi connectivity index (χ2n) is 6.78. The van der Waals surface area contributed by atoms with Crippen LogP contribution in [0.15, 0.2) is 47.8 Å². The molecule has 0 aliphatic carbocycles. The minimum atomic E-state index is 0.0211. The molecule has 0 bridgehead atoms. The maximum atomic E-state index is 10.9. The highest BCUT2D eigenvalue weighted by molar-refractivity contribution is 7.10. The Morgan fingerprint density at radius 3 is 2.45 bits per heavy atom. The molecule has 0 radical (unpaired) electrons. The quantitative estimate of drug-likeness (QED) is 0.528. The number of ether oxygens (including phenoxy) is 2. The van der Waals surface area contributed by atoms with Gasteiger partial charge in [0.25, 0.3) is 0 Å². The van der Waals surface area contributed by atoms with Crippen molar-refractivity contribution in [1.29, 1.82) is 0 Å². The van der Waals surface area contributed by atoms with Crippen molar-refractivity contribution >= 4 is 17.2 Å². The molecule has 0 atom stereocenters. The summed E-state index contributed by atoms with van der Waals surface area (Å²) in [7, 11) is 3.28. The van der Waals surface area contributed by atoms with E-state index in [4.69, 9.17) is 14.5 Å². The van der Waals surface area contributed by atoms with E-state index in [2.05, 4.69) is 35.0 Å². The molecule has 1 heterocycles. The number of nitrogens with one attached hydrogen (secondary N) is 1. The fourth-order valence-electron chi connectivity index (χ4n) is 3.09. The van der Waals surface area contributed by atoms with Gasteiger partial charge in [0.05, 0.1) is 24.9 Å². The number of rotatable bonds is 9. The van der Waals surface area contributed by atoms with Crippen molar-refractivity contribution < 1.29 is 14.3 Å². The van der Waals surface area contributed by atoms with E-state index in [0.29, 0.717) is 6.54 Å². The summed E-state index contributed by atoms with van der Waals surface area (Å²) >= 11 is 1.66. The van der Waals surface area contributed by atoms with Crippen LogP contribution >= 0.6 is 11.3 Å². The topological polar surface area (TPSA) is 60.5 Å². The van der Waals surface area contributed by atoms with Crippen molar-refractivity contribution in [2.75, 3.05) is 20.8 Å². The Bertz CT molecular complexity index is 951. The molecular weight excluding hydrogens is 384 g/mol. The van der Waals surface area contributed by atoms with Crippen molar-refractivity contribution in [2.24, 2.45) is 0 Å². The zero-order valence-electron chi connectivity index (χ0n) is 17.0. The third-order valence-corrected chi connectivity index (χ3v) is 5.47. The fourth-order valence-corrected chi connectivity index (χ4v) is 3.93. The normalized spacial score (nSPS) is 10.6. The first-order valence-corrected chi connectivity index (χ1v) is 10.5. The van der Waals surface area contributed by atoms with E-state index in [-0.39, 0.29) is 5.91 Å². The number of hydrogen-bond acceptors (Lipinski definition) is 5. The van der Waals surface area contributed by atoms with E-state index in [1.807, 2.05) is 18.2 Å². The van der Waals surface area contributed by atoms with Gasteiger partial charge in [-0.2, -0.15) is 0 Å². The van der Waals surface area contributed by atoms with Gasteiger partial charge in [-0.25, -0.2) is 4.98 Å². The Morgan fingerprint density at radius 2 is 1.76 bits per heavy atom. The summed E-state index contributed by atoms with van der Waals surface area (Å²) in [6.07, 6.45) is 2.64. The van der Waals surface area contributed by atoms with Crippen LogP contribution in [0.3, 0.4) is 0 Å². The van der Waals surface area contributed by atoms with Crippen LogP contribution in [0.25, 0.3) is 11.3 Å². The molecule has 0 spiro atoms. The molecule has 0 fully saturated rings. The molecule has 0 aliphatic rings. The molecule has 0 saturated heterocycles. The van der Waals surface area contributed by atoms with Gasteiger partial charge >= 0.3 is 0 Å². The number of carbonyl (C=O) groups is 1. The highest BCUT2D eigenvalue weighted by Gasteiger charge is 2.09. The average molecular weight is 411 g/mol. The monoisotopic (exact) mass is 410 g/mol. The van der Waals surface area contributed by atoms with Crippen LogP contribution in [0.2, 0.25) is 0 Å². The predicted octanol–water partition coefficient (Wildman–Crippen LogP) is 4.49. The van der Waals surface area contributed by atoms with Crippen molar-refractivity contribution in [3.8, 4) is 22.8 Å². The zero-order chi connectivity index (χ0) is 20.6. The van der Waals surface area contributed by atoms with E-state index in [9.17, 15) is 4.79 Å². The first kappa shape index (κ1) is 20.9. The van der Waals surface area contributed by atoms with Gasteiger partial charge in [-0.1, -0.05) is 30.3 Å². The predicted molar refractivity (Wildman–Crippen MR) is 117 cm³/mol. The Morgan fingerprint density at radius 1 is 1.03 bits per heavy atom. The van der Waals surface area contributed by atoms with E-state index in [1.54, 1.807) is 32.5 Å². The second-order valence-corrected chi connectivity index (χ2v) is 7.72. The van der Waals surface area contributed by atoms with E-state index >= 15 is 0 Å². The number of aromatic nitrogens is 1.